The maximum Gasteiger partial charge on any atom is 0.324 e. The van der Waals surface area contributed by atoms with Crippen LogP contribution in [0, 0.1) is 5.92 Å². The fraction of sp³-hybridized carbons (Fsp3) is 0.750. The van der Waals surface area contributed by atoms with Gasteiger partial charge in [-0.3, -0.25) is 9.69 Å². The van der Waals surface area contributed by atoms with Crippen LogP contribution >= 0.6 is 0 Å². The van der Waals surface area contributed by atoms with E-state index < -0.39 is 12.1 Å². The molecular weight excluding hydrogens is 172 g/mol. The average Bonchev–Trinajstić information content (AvgIpc) is 2.36. The van der Waals surface area contributed by atoms with E-state index in [1.165, 1.54) is 0 Å². The van der Waals surface area contributed by atoms with Crippen molar-refractivity contribution in [3.63, 3.8) is 0 Å². The molecule has 0 unspecified atom stereocenters. The lowest BCUT2D eigenvalue weighted by Crippen LogP contribution is -2.45. The largest absolute Gasteiger partial charge is 0.394 e. The van der Waals surface area contributed by atoms with Crippen molar-refractivity contribution in [1.29, 1.82) is 0 Å². The fourth-order valence-electron chi connectivity index (χ4n) is 1.36. The van der Waals surface area contributed by atoms with E-state index in [4.69, 9.17) is 5.11 Å². The molecule has 1 fully saturated rings. The van der Waals surface area contributed by atoms with E-state index in [1.807, 2.05) is 13.8 Å². The molecular formula is C8H14N2O3. The average molecular weight is 186 g/mol. The Kier molecular flexibility index (Phi) is 2.87. The summed E-state index contributed by atoms with van der Waals surface area (Å²) in [5.41, 5.74) is 0. The molecule has 0 bridgehead atoms. The summed E-state index contributed by atoms with van der Waals surface area (Å²) < 4.78 is 0. The molecule has 3 amide bonds. The van der Waals surface area contributed by atoms with Crippen molar-refractivity contribution in [3.05, 3.63) is 0 Å². The topological polar surface area (TPSA) is 69.6 Å². The highest BCUT2D eigenvalue weighted by molar-refractivity contribution is 6.02. The van der Waals surface area contributed by atoms with Crippen molar-refractivity contribution in [2.75, 3.05) is 13.2 Å². The van der Waals surface area contributed by atoms with Gasteiger partial charge in [-0.05, 0) is 5.92 Å². The molecule has 0 saturated carbocycles. The van der Waals surface area contributed by atoms with Gasteiger partial charge in [-0.1, -0.05) is 13.8 Å². The van der Waals surface area contributed by atoms with Crippen molar-refractivity contribution in [2.24, 2.45) is 5.92 Å². The van der Waals surface area contributed by atoms with Crippen LogP contribution in [0.15, 0.2) is 0 Å². The standard InChI is InChI=1S/C8H14N2O3/c1-5(2)6(4-11)10-7(12)3-9-8(10)13/h5-6,11H,3-4H2,1-2H3,(H,9,13)/t6-/m1/s1. The second kappa shape index (κ2) is 3.74. The molecule has 0 aromatic heterocycles. The Morgan fingerprint density at radius 2 is 2.15 bits per heavy atom. The van der Waals surface area contributed by atoms with Gasteiger partial charge in [-0.25, -0.2) is 4.79 Å². The summed E-state index contributed by atoms with van der Waals surface area (Å²) in [4.78, 5) is 23.5. The van der Waals surface area contributed by atoms with Crippen molar-refractivity contribution in [2.45, 2.75) is 19.9 Å². The molecule has 0 spiro atoms. The second-order valence-corrected chi connectivity index (χ2v) is 3.42. The maximum atomic E-state index is 11.2. The first-order valence-corrected chi connectivity index (χ1v) is 4.28. The Balaban J connectivity index is 2.77. The van der Waals surface area contributed by atoms with E-state index in [2.05, 4.69) is 5.32 Å². The molecule has 0 aromatic rings. The first-order chi connectivity index (χ1) is 6.07. The van der Waals surface area contributed by atoms with Gasteiger partial charge < -0.3 is 10.4 Å². The van der Waals surface area contributed by atoms with Gasteiger partial charge in [0.15, 0.2) is 0 Å². The predicted molar refractivity (Wildman–Crippen MR) is 46.0 cm³/mol. The van der Waals surface area contributed by atoms with Gasteiger partial charge in [-0.2, -0.15) is 0 Å². The van der Waals surface area contributed by atoms with Crippen LogP contribution in [0.25, 0.3) is 0 Å². The van der Waals surface area contributed by atoms with E-state index in [0.29, 0.717) is 0 Å². The highest BCUT2D eigenvalue weighted by Crippen LogP contribution is 2.13. The highest BCUT2D eigenvalue weighted by atomic mass is 16.3. The lowest BCUT2D eigenvalue weighted by molar-refractivity contribution is -0.127. The minimum absolute atomic E-state index is 0.0437. The number of carbonyl (C=O) groups is 2. The minimum atomic E-state index is -0.407. The van der Waals surface area contributed by atoms with Gasteiger partial charge >= 0.3 is 6.03 Å². The Labute approximate surface area is 76.7 Å². The van der Waals surface area contributed by atoms with Crippen LogP contribution in [0.3, 0.4) is 0 Å². The number of carbonyl (C=O) groups excluding carboxylic acids is 2. The van der Waals surface area contributed by atoms with E-state index in [0.717, 1.165) is 4.90 Å². The lowest BCUT2D eigenvalue weighted by atomic mass is 10.0. The Bertz CT molecular complexity index is 211. The van der Waals surface area contributed by atoms with Crippen LogP contribution in [-0.4, -0.2) is 41.1 Å². The highest BCUT2D eigenvalue weighted by Gasteiger charge is 2.35. The first kappa shape index (κ1) is 9.98. The summed E-state index contributed by atoms with van der Waals surface area (Å²) in [6.07, 6.45) is 0. The quantitative estimate of drug-likeness (QED) is 0.587. The van der Waals surface area contributed by atoms with E-state index in [9.17, 15) is 9.59 Å². The Hall–Kier alpha value is -1.10. The van der Waals surface area contributed by atoms with Crippen LogP contribution in [-0.2, 0) is 4.79 Å². The molecule has 0 aromatic carbocycles. The Morgan fingerprint density at radius 3 is 2.46 bits per heavy atom. The maximum absolute atomic E-state index is 11.2. The monoisotopic (exact) mass is 186 g/mol. The summed E-state index contributed by atoms with van der Waals surface area (Å²) in [5.74, 6) is -0.199. The summed E-state index contributed by atoms with van der Waals surface area (Å²) in [6, 6.07) is -0.812. The number of aliphatic hydroxyl groups excluding tert-OH is 1. The molecule has 1 rings (SSSR count). The van der Waals surface area contributed by atoms with Crippen LogP contribution < -0.4 is 5.32 Å². The zero-order valence-electron chi connectivity index (χ0n) is 7.78. The van der Waals surface area contributed by atoms with Crippen LogP contribution in [0.5, 0.6) is 0 Å². The molecule has 5 heteroatoms. The van der Waals surface area contributed by atoms with Gasteiger partial charge in [-0.15, -0.1) is 0 Å². The molecule has 1 atom stereocenters. The molecule has 1 saturated heterocycles. The van der Waals surface area contributed by atoms with E-state index >= 15 is 0 Å². The number of aliphatic hydroxyl groups is 1. The number of hydrogen-bond acceptors (Lipinski definition) is 3. The lowest BCUT2D eigenvalue weighted by Gasteiger charge is -2.26. The van der Waals surface area contributed by atoms with Crippen molar-refractivity contribution >= 4 is 11.9 Å². The SMILES string of the molecule is CC(C)[C@@H](CO)N1C(=O)CNC1=O. The number of nitrogens with one attached hydrogen (secondary N) is 1. The second-order valence-electron chi connectivity index (χ2n) is 3.42. The number of rotatable bonds is 3. The molecule has 1 aliphatic heterocycles. The number of nitrogens with zero attached hydrogens (tertiary/aromatic N) is 1. The third kappa shape index (κ3) is 1.80. The number of amides is 3. The molecule has 0 aliphatic carbocycles. The zero-order chi connectivity index (χ0) is 10.0. The molecule has 1 aliphatic rings. The summed E-state index contributed by atoms with van der Waals surface area (Å²) in [7, 11) is 0. The molecule has 1 heterocycles. The third-order valence-electron chi connectivity index (χ3n) is 2.17. The minimum Gasteiger partial charge on any atom is -0.394 e. The van der Waals surface area contributed by atoms with E-state index in [-0.39, 0.29) is 25.0 Å². The van der Waals surface area contributed by atoms with Gasteiger partial charge in [0.2, 0.25) is 5.91 Å². The number of urea groups is 1. The molecule has 2 N–H and O–H groups in total. The predicted octanol–water partition coefficient (Wildman–Crippen LogP) is -0.445. The van der Waals surface area contributed by atoms with Crippen LogP contribution in [0.2, 0.25) is 0 Å². The number of imide groups is 1. The van der Waals surface area contributed by atoms with Crippen molar-refractivity contribution < 1.29 is 14.7 Å². The van der Waals surface area contributed by atoms with Gasteiger partial charge in [0, 0.05) is 0 Å². The number of hydrogen-bond donors (Lipinski definition) is 2. The fourth-order valence-corrected chi connectivity index (χ4v) is 1.36. The summed E-state index contributed by atoms with van der Waals surface area (Å²) in [6.45, 7) is 3.58. The van der Waals surface area contributed by atoms with Gasteiger partial charge in [0.25, 0.3) is 0 Å². The first-order valence-electron chi connectivity index (χ1n) is 4.28. The normalized spacial score (nSPS) is 19.5. The Morgan fingerprint density at radius 1 is 1.54 bits per heavy atom. The van der Waals surface area contributed by atoms with Gasteiger partial charge in [0.05, 0.1) is 19.2 Å². The molecule has 0 radical (unpaired) electrons. The van der Waals surface area contributed by atoms with Crippen molar-refractivity contribution in [3.8, 4) is 0 Å². The van der Waals surface area contributed by atoms with Gasteiger partial charge in [0.1, 0.15) is 0 Å². The molecule has 74 valence electrons. The smallest absolute Gasteiger partial charge is 0.324 e. The van der Waals surface area contributed by atoms with E-state index in [1.54, 1.807) is 0 Å². The molecule has 5 nitrogen and oxygen atoms in total. The molecule has 13 heavy (non-hydrogen) atoms. The van der Waals surface area contributed by atoms with Crippen LogP contribution in [0.1, 0.15) is 13.8 Å². The van der Waals surface area contributed by atoms with Crippen molar-refractivity contribution in [1.82, 2.24) is 10.2 Å². The third-order valence-corrected chi connectivity index (χ3v) is 2.17. The van der Waals surface area contributed by atoms with Crippen LogP contribution in [0.4, 0.5) is 4.79 Å². The zero-order valence-corrected chi connectivity index (χ0v) is 7.78. The summed E-state index contributed by atoms with van der Waals surface area (Å²) >= 11 is 0. The summed E-state index contributed by atoms with van der Waals surface area (Å²) in [5, 5.41) is 11.4.